The van der Waals surface area contributed by atoms with Crippen LogP contribution in [0.2, 0.25) is 15.1 Å². The topological polar surface area (TPSA) is 35.2 Å². The molecule has 2 aromatic rings. The second-order valence-electron chi connectivity index (χ2n) is 4.35. The number of nitrogens with two attached hydrogens (primary N) is 1. The molecular formula is C14H9Cl3F3NO. The number of rotatable bonds is 3. The molecule has 2 rings (SSSR count). The van der Waals surface area contributed by atoms with Crippen LogP contribution in [-0.2, 0) is 0 Å². The molecule has 0 aromatic heterocycles. The maximum atomic E-state index is 12.1. The van der Waals surface area contributed by atoms with E-state index in [1.807, 2.05) is 0 Å². The van der Waals surface area contributed by atoms with Crippen LogP contribution in [0, 0.1) is 0 Å². The molecule has 0 heterocycles. The van der Waals surface area contributed by atoms with Gasteiger partial charge in [-0.3, -0.25) is 0 Å². The van der Waals surface area contributed by atoms with Crippen LogP contribution in [0.5, 0.6) is 5.75 Å². The molecule has 0 saturated heterocycles. The highest BCUT2D eigenvalue weighted by atomic mass is 35.5. The van der Waals surface area contributed by atoms with Crippen molar-refractivity contribution >= 4 is 34.8 Å². The monoisotopic (exact) mass is 369 g/mol. The minimum Gasteiger partial charge on any atom is -0.406 e. The molecule has 0 fully saturated rings. The smallest absolute Gasteiger partial charge is 0.406 e. The molecule has 22 heavy (non-hydrogen) atoms. The Kier molecular flexibility index (Phi) is 5.12. The van der Waals surface area contributed by atoms with Crippen molar-refractivity contribution in [2.45, 2.75) is 12.4 Å². The zero-order valence-electron chi connectivity index (χ0n) is 10.8. The molecule has 0 saturated carbocycles. The van der Waals surface area contributed by atoms with Crippen LogP contribution in [0.3, 0.4) is 0 Å². The Morgan fingerprint density at radius 3 is 2.00 bits per heavy atom. The standard InChI is InChI=1S/C14H9Cl3F3NO/c15-9-5-6-10(16)12(17)11(9)13(21)7-1-3-8(4-2-7)22-14(18,19)20/h1-6,13H,21H2/t13-/m0/s1. The van der Waals surface area contributed by atoms with Gasteiger partial charge in [-0.05, 0) is 29.8 Å². The first-order valence-electron chi connectivity index (χ1n) is 5.93. The third-order valence-corrected chi connectivity index (χ3v) is 4.01. The van der Waals surface area contributed by atoms with Crippen molar-refractivity contribution in [3.8, 4) is 5.75 Å². The van der Waals surface area contributed by atoms with E-state index >= 15 is 0 Å². The molecule has 0 aliphatic rings. The molecule has 0 radical (unpaired) electrons. The molecular weight excluding hydrogens is 362 g/mol. The highest BCUT2D eigenvalue weighted by molar-refractivity contribution is 6.44. The summed E-state index contributed by atoms with van der Waals surface area (Å²) in [4.78, 5) is 0. The van der Waals surface area contributed by atoms with Crippen LogP contribution in [0.25, 0.3) is 0 Å². The molecule has 8 heteroatoms. The second-order valence-corrected chi connectivity index (χ2v) is 5.54. The lowest BCUT2D eigenvalue weighted by atomic mass is 9.99. The Hall–Kier alpha value is -1.14. The van der Waals surface area contributed by atoms with Gasteiger partial charge in [-0.15, -0.1) is 13.2 Å². The summed E-state index contributed by atoms with van der Waals surface area (Å²) >= 11 is 18.1. The molecule has 2 N–H and O–H groups in total. The molecule has 0 unspecified atom stereocenters. The van der Waals surface area contributed by atoms with Crippen LogP contribution in [-0.4, -0.2) is 6.36 Å². The third-order valence-electron chi connectivity index (χ3n) is 2.86. The van der Waals surface area contributed by atoms with Gasteiger partial charge in [-0.1, -0.05) is 46.9 Å². The van der Waals surface area contributed by atoms with Crippen LogP contribution < -0.4 is 10.5 Å². The van der Waals surface area contributed by atoms with Gasteiger partial charge in [-0.2, -0.15) is 0 Å². The molecule has 0 amide bonds. The van der Waals surface area contributed by atoms with Crippen LogP contribution >= 0.6 is 34.8 Å². The van der Waals surface area contributed by atoms with Crippen molar-refractivity contribution < 1.29 is 17.9 Å². The Morgan fingerprint density at radius 1 is 0.909 bits per heavy atom. The van der Waals surface area contributed by atoms with E-state index in [4.69, 9.17) is 40.5 Å². The predicted molar refractivity (Wildman–Crippen MR) is 80.6 cm³/mol. The third kappa shape index (κ3) is 3.98. The zero-order chi connectivity index (χ0) is 16.5. The fourth-order valence-electron chi connectivity index (χ4n) is 1.87. The fraction of sp³-hybridized carbons (Fsp3) is 0.143. The van der Waals surface area contributed by atoms with E-state index < -0.39 is 12.4 Å². The maximum Gasteiger partial charge on any atom is 0.573 e. The molecule has 0 spiro atoms. The highest BCUT2D eigenvalue weighted by Gasteiger charge is 2.31. The lowest BCUT2D eigenvalue weighted by Gasteiger charge is -2.17. The highest BCUT2D eigenvalue weighted by Crippen LogP contribution is 2.37. The molecule has 118 valence electrons. The lowest BCUT2D eigenvalue weighted by Crippen LogP contribution is -2.17. The molecule has 0 aliphatic carbocycles. The summed E-state index contributed by atoms with van der Waals surface area (Å²) in [5, 5.41) is 0.809. The van der Waals surface area contributed by atoms with Gasteiger partial charge in [0, 0.05) is 10.6 Å². The number of ether oxygens (including phenoxy) is 1. The number of hydrogen-bond donors (Lipinski definition) is 1. The molecule has 2 nitrogen and oxygen atoms in total. The first-order chi connectivity index (χ1) is 10.2. The minimum absolute atomic E-state index is 0.206. The number of hydrogen-bond acceptors (Lipinski definition) is 2. The second kappa shape index (κ2) is 6.54. The zero-order valence-corrected chi connectivity index (χ0v) is 13.1. The van der Waals surface area contributed by atoms with E-state index in [0.29, 0.717) is 16.1 Å². The summed E-state index contributed by atoms with van der Waals surface area (Å²) < 4.78 is 40.2. The first kappa shape index (κ1) is 17.2. The number of alkyl halides is 3. The Balaban J connectivity index is 2.31. The summed E-state index contributed by atoms with van der Waals surface area (Å²) in [5.74, 6) is -0.341. The quantitative estimate of drug-likeness (QED) is 0.714. The summed E-state index contributed by atoms with van der Waals surface area (Å²) in [5.41, 5.74) is 6.99. The summed E-state index contributed by atoms with van der Waals surface area (Å²) in [6.07, 6.45) is -4.75. The average Bonchev–Trinajstić information content (AvgIpc) is 2.42. The van der Waals surface area contributed by atoms with E-state index in [9.17, 15) is 13.2 Å². The van der Waals surface area contributed by atoms with Gasteiger partial charge in [0.1, 0.15) is 5.75 Å². The van der Waals surface area contributed by atoms with Crippen molar-refractivity contribution in [2.75, 3.05) is 0 Å². The van der Waals surface area contributed by atoms with Gasteiger partial charge in [0.15, 0.2) is 0 Å². The van der Waals surface area contributed by atoms with Crippen molar-refractivity contribution in [3.63, 3.8) is 0 Å². The van der Waals surface area contributed by atoms with Crippen LogP contribution in [0.15, 0.2) is 36.4 Å². The largest absolute Gasteiger partial charge is 0.573 e. The van der Waals surface area contributed by atoms with Gasteiger partial charge in [0.05, 0.1) is 16.1 Å². The molecule has 2 aromatic carbocycles. The van der Waals surface area contributed by atoms with Gasteiger partial charge in [-0.25, -0.2) is 0 Å². The van der Waals surface area contributed by atoms with Crippen molar-refractivity contribution in [3.05, 3.63) is 62.6 Å². The average molecular weight is 371 g/mol. The van der Waals surface area contributed by atoms with Crippen molar-refractivity contribution in [1.82, 2.24) is 0 Å². The molecule has 0 aliphatic heterocycles. The summed E-state index contributed by atoms with van der Waals surface area (Å²) in [6.45, 7) is 0. The number of halogens is 6. The van der Waals surface area contributed by atoms with Crippen LogP contribution in [0.1, 0.15) is 17.2 Å². The maximum absolute atomic E-state index is 12.1. The Bertz CT molecular complexity index is 674. The Labute approximate surface area is 139 Å². The van der Waals surface area contributed by atoms with E-state index in [1.165, 1.54) is 18.2 Å². The SMILES string of the molecule is N[C@@H](c1ccc(OC(F)(F)F)cc1)c1c(Cl)ccc(Cl)c1Cl. The lowest BCUT2D eigenvalue weighted by molar-refractivity contribution is -0.274. The van der Waals surface area contributed by atoms with Gasteiger partial charge in [0.25, 0.3) is 0 Å². The number of benzene rings is 2. The van der Waals surface area contributed by atoms with Gasteiger partial charge >= 0.3 is 6.36 Å². The van der Waals surface area contributed by atoms with E-state index in [2.05, 4.69) is 4.74 Å². The van der Waals surface area contributed by atoms with E-state index in [0.717, 1.165) is 12.1 Å². The first-order valence-corrected chi connectivity index (χ1v) is 7.07. The van der Waals surface area contributed by atoms with Crippen molar-refractivity contribution in [2.24, 2.45) is 5.73 Å². The van der Waals surface area contributed by atoms with Crippen LogP contribution in [0.4, 0.5) is 13.2 Å². The Morgan fingerprint density at radius 2 is 1.45 bits per heavy atom. The van der Waals surface area contributed by atoms with E-state index in [1.54, 1.807) is 6.07 Å². The summed E-state index contributed by atoms with van der Waals surface area (Å²) in [6, 6.07) is 7.47. The normalized spacial score (nSPS) is 13.0. The van der Waals surface area contributed by atoms with Gasteiger partial charge < -0.3 is 10.5 Å². The van der Waals surface area contributed by atoms with Gasteiger partial charge in [0.2, 0.25) is 0 Å². The molecule has 1 atom stereocenters. The minimum atomic E-state index is -4.75. The summed E-state index contributed by atoms with van der Waals surface area (Å²) in [7, 11) is 0. The fourth-order valence-corrected chi connectivity index (χ4v) is 2.64. The predicted octanol–water partition coefficient (Wildman–Crippen LogP) is 5.59. The van der Waals surface area contributed by atoms with E-state index in [-0.39, 0.29) is 15.8 Å². The molecule has 0 bridgehead atoms. The van der Waals surface area contributed by atoms with Crippen molar-refractivity contribution in [1.29, 1.82) is 0 Å².